The van der Waals surface area contributed by atoms with Gasteiger partial charge in [0, 0.05) is 6.08 Å². The second kappa shape index (κ2) is 3.68. The Balaban J connectivity index is 2.58. The number of benzene rings is 1. The van der Waals surface area contributed by atoms with Crippen LogP contribution in [0, 0.1) is 16.7 Å². The maximum atomic E-state index is 8.85. The number of hydrogen-bond donors (Lipinski definition) is 0. The fourth-order valence-electron chi connectivity index (χ4n) is 2.36. The van der Waals surface area contributed by atoms with Gasteiger partial charge in [0.05, 0.1) is 13.2 Å². The minimum atomic E-state index is 0.0461. The summed E-state index contributed by atoms with van der Waals surface area (Å²) < 4.78 is 5.22. The summed E-state index contributed by atoms with van der Waals surface area (Å²) in [6.45, 7) is 4.34. The van der Waals surface area contributed by atoms with E-state index in [0.717, 1.165) is 23.3 Å². The third-order valence-corrected chi connectivity index (χ3v) is 3.18. The molecule has 1 aromatic carbocycles. The van der Waals surface area contributed by atoms with E-state index < -0.39 is 0 Å². The van der Waals surface area contributed by atoms with Gasteiger partial charge in [-0.3, -0.25) is 0 Å². The molecular formula is C14H15NO. The van der Waals surface area contributed by atoms with E-state index in [1.807, 2.05) is 12.1 Å². The first-order valence-corrected chi connectivity index (χ1v) is 5.36. The van der Waals surface area contributed by atoms with Gasteiger partial charge < -0.3 is 4.74 Å². The van der Waals surface area contributed by atoms with Crippen molar-refractivity contribution in [3.63, 3.8) is 0 Å². The molecule has 0 saturated carbocycles. The predicted octanol–water partition coefficient (Wildman–Crippen LogP) is 3.18. The van der Waals surface area contributed by atoms with Crippen molar-refractivity contribution in [1.29, 1.82) is 5.26 Å². The third-order valence-electron chi connectivity index (χ3n) is 3.18. The number of fused-ring (bicyclic) bond motifs is 1. The lowest BCUT2D eigenvalue weighted by Crippen LogP contribution is -2.09. The SMILES string of the molecule is COc1ccc2c(c1)/C(=C/C#N)C(C)(C)C2. The monoisotopic (exact) mass is 213 g/mol. The summed E-state index contributed by atoms with van der Waals surface area (Å²) in [5, 5.41) is 8.85. The van der Waals surface area contributed by atoms with Crippen LogP contribution in [0.15, 0.2) is 24.3 Å². The summed E-state index contributed by atoms with van der Waals surface area (Å²) in [6.07, 6.45) is 2.64. The molecule has 0 bridgehead atoms. The van der Waals surface area contributed by atoms with Gasteiger partial charge in [0.2, 0.25) is 0 Å². The fraction of sp³-hybridized carbons (Fsp3) is 0.357. The maximum absolute atomic E-state index is 8.85. The number of nitrogens with zero attached hydrogens (tertiary/aromatic N) is 1. The Morgan fingerprint density at radius 2 is 2.19 bits per heavy atom. The maximum Gasteiger partial charge on any atom is 0.119 e. The molecule has 2 heteroatoms. The van der Waals surface area contributed by atoms with E-state index in [4.69, 9.17) is 10.00 Å². The summed E-state index contributed by atoms with van der Waals surface area (Å²) in [6, 6.07) is 8.23. The van der Waals surface area contributed by atoms with Crippen molar-refractivity contribution in [3.05, 3.63) is 35.4 Å². The number of ether oxygens (including phenoxy) is 1. The Kier molecular flexibility index (Phi) is 2.47. The quantitative estimate of drug-likeness (QED) is 0.671. The lowest BCUT2D eigenvalue weighted by atomic mass is 9.85. The van der Waals surface area contributed by atoms with Crippen LogP contribution in [0.2, 0.25) is 0 Å². The molecule has 0 radical (unpaired) electrons. The van der Waals surface area contributed by atoms with Crippen molar-refractivity contribution in [3.8, 4) is 11.8 Å². The van der Waals surface area contributed by atoms with Crippen molar-refractivity contribution in [2.45, 2.75) is 20.3 Å². The van der Waals surface area contributed by atoms with Gasteiger partial charge in [-0.15, -0.1) is 0 Å². The largest absolute Gasteiger partial charge is 0.497 e. The highest BCUT2D eigenvalue weighted by molar-refractivity contribution is 5.79. The summed E-state index contributed by atoms with van der Waals surface area (Å²) in [5.41, 5.74) is 3.62. The first-order valence-electron chi connectivity index (χ1n) is 5.36. The van der Waals surface area contributed by atoms with Gasteiger partial charge in [-0.25, -0.2) is 0 Å². The van der Waals surface area contributed by atoms with Crippen LogP contribution in [0.5, 0.6) is 5.75 Å². The molecule has 2 nitrogen and oxygen atoms in total. The summed E-state index contributed by atoms with van der Waals surface area (Å²) in [5.74, 6) is 0.847. The topological polar surface area (TPSA) is 33.0 Å². The highest BCUT2D eigenvalue weighted by atomic mass is 16.5. The van der Waals surface area contributed by atoms with Crippen LogP contribution in [0.4, 0.5) is 0 Å². The number of hydrogen-bond acceptors (Lipinski definition) is 2. The van der Waals surface area contributed by atoms with Crippen molar-refractivity contribution in [2.75, 3.05) is 7.11 Å². The Bertz CT molecular complexity index is 492. The first kappa shape index (κ1) is 10.8. The number of allylic oxidation sites excluding steroid dienone is 2. The third kappa shape index (κ3) is 1.59. The molecule has 1 aromatic rings. The van der Waals surface area contributed by atoms with Gasteiger partial charge >= 0.3 is 0 Å². The van der Waals surface area contributed by atoms with Crippen LogP contribution >= 0.6 is 0 Å². The lowest BCUT2D eigenvalue weighted by Gasteiger charge is -2.18. The van der Waals surface area contributed by atoms with Crippen molar-refractivity contribution in [1.82, 2.24) is 0 Å². The van der Waals surface area contributed by atoms with Crippen LogP contribution < -0.4 is 4.74 Å². The average Bonchev–Trinajstić information content (AvgIpc) is 2.50. The van der Waals surface area contributed by atoms with Gasteiger partial charge in [0.25, 0.3) is 0 Å². The van der Waals surface area contributed by atoms with Gasteiger partial charge in [0.15, 0.2) is 0 Å². The van der Waals surface area contributed by atoms with E-state index in [1.165, 1.54) is 5.56 Å². The first-order chi connectivity index (χ1) is 7.58. The Morgan fingerprint density at radius 3 is 2.81 bits per heavy atom. The molecule has 0 atom stereocenters. The summed E-state index contributed by atoms with van der Waals surface area (Å²) in [7, 11) is 1.66. The normalized spacial score (nSPS) is 19.2. The minimum Gasteiger partial charge on any atom is -0.497 e. The van der Waals surface area contributed by atoms with Crippen LogP contribution in [0.25, 0.3) is 5.57 Å². The molecule has 0 saturated heterocycles. The molecule has 0 unspecified atom stereocenters. The minimum absolute atomic E-state index is 0.0461. The van der Waals surface area contributed by atoms with Gasteiger partial charge in [0.1, 0.15) is 5.75 Å². The average molecular weight is 213 g/mol. The standard InChI is InChI=1S/C14H15NO/c1-14(2)9-10-4-5-11(16-3)8-12(10)13(14)6-7-15/h4-6,8H,9H2,1-3H3/b13-6-. The van der Waals surface area contributed by atoms with Crippen LogP contribution in [0.1, 0.15) is 25.0 Å². The Hall–Kier alpha value is -1.75. The molecule has 0 spiro atoms. The molecule has 82 valence electrons. The lowest BCUT2D eigenvalue weighted by molar-refractivity contribution is 0.414. The van der Waals surface area contributed by atoms with Crippen molar-refractivity contribution >= 4 is 5.57 Å². The number of methoxy groups -OCH3 is 1. The molecule has 16 heavy (non-hydrogen) atoms. The van der Waals surface area contributed by atoms with E-state index in [2.05, 4.69) is 26.0 Å². The van der Waals surface area contributed by atoms with E-state index in [-0.39, 0.29) is 5.41 Å². The number of rotatable bonds is 1. The van der Waals surface area contributed by atoms with E-state index >= 15 is 0 Å². The fourth-order valence-corrected chi connectivity index (χ4v) is 2.36. The molecule has 0 amide bonds. The Morgan fingerprint density at radius 1 is 1.44 bits per heavy atom. The summed E-state index contributed by atoms with van der Waals surface area (Å²) >= 11 is 0. The second-order valence-corrected chi connectivity index (χ2v) is 4.77. The van der Waals surface area contributed by atoms with Gasteiger partial charge in [-0.05, 0) is 40.7 Å². The van der Waals surface area contributed by atoms with E-state index in [1.54, 1.807) is 13.2 Å². The van der Waals surface area contributed by atoms with E-state index in [9.17, 15) is 0 Å². The van der Waals surface area contributed by atoms with Crippen LogP contribution in [0.3, 0.4) is 0 Å². The molecular weight excluding hydrogens is 198 g/mol. The number of nitriles is 1. The molecule has 0 heterocycles. The summed E-state index contributed by atoms with van der Waals surface area (Å²) in [4.78, 5) is 0. The predicted molar refractivity (Wildman–Crippen MR) is 64.1 cm³/mol. The molecule has 0 aliphatic heterocycles. The zero-order valence-corrected chi connectivity index (χ0v) is 9.87. The van der Waals surface area contributed by atoms with E-state index in [0.29, 0.717) is 0 Å². The second-order valence-electron chi connectivity index (χ2n) is 4.77. The van der Waals surface area contributed by atoms with Crippen LogP contribution in [-0.2, 0) is 6.42 Å². The molecule has 0 N–H and O–H groups in total. The van der Waals surface area contributed by atoms with Crippen molar-refractivity contribution < 1.29 is 4.74 Å². The smallest absolute Gasteiger partial charge is 0.119 e. The molecule has 2 rings (SSSR count). The molecule has 1 aliphatic carbocycles. The van der Waals surface area contributed by atoms with Crippen molar-refractivity contribution in [2.24, 2.45) is 5.41 Å². The zero-order chi connectivity index (χ0) is 11.8. The molecule has 0 fully saturated rings. The highest BCUT2D eigenvalue weighted by Gasteiger charge is 2.33. The molecule has 1 aliphatic rings. The van der Waals surface area contributed by atoms with Gasteiger partial charge in [-0.1, -0.05) is 19.9 Å². The van der Waals surface area contributed by atoms with Crippen LogP contribution in [-0.4, -0.2) is 7.11 Å². The highest BCUT2D eigenvalue weighted by Crippen LogP contribution is 2.46. The van der Waals surface area contributed by atoms with Gasteiger partial charge in [-0.2, -0.15) is 5.26 Å². The molecule has 0 aromatic heterocycles. The Labute approximate surface area is 96.2 Å². The zero-order valence-electron chi connectivity index (χ0n) is 9.87.